The monoisotopic (exact) mass is 261 g/mol. The van der Waals surface area contributed by atoms with Gasteiger partial charge >= 0.3 is 0 Å². The number of nitrogens with two attached hydrogens (primary N) is 1. The molecular weight excluding hydrogens is 234 g/mol. The summed E-state index contributed by atoms with van der Waals surface area (Å²) in [6.45, 7) is 6.72. The molecule has 1 fully saturated rings. The molecule has 0 saturated heterocycles. The molecule has 0 atom stereocenters. The summed E-state index contributed by atoms with van der Waals surface area (Å²) in [5.41, 5.74) is 7.05. The van der Waals surface area contributed by atoms with E-state index in [1.807, 2.05) is 6.07 Å². The average Bonchev–Trinajstić information content (AvgIpc) is 2.37. The molecule has 0 aromatic carbocycles. The lowest BCUT2D eigenvalue weighted by molar-refractivity contribution is 0.312. The first-order valence-electron chi connectivity index (χ1n) is 7.71. The number of hydrogen-bond donors (Lipinski definition) is 1. The Morgan fingerprint density at radius 3 is 2.47 bits per heavy atom. The van der Waals surface area contributed by atoms with E-state index in [0.29, 0.717) is 17.7 Å². The average molecular weight is 261 g/mol. The number of rotatable bonds is 4. The summed E-state index contributed by atoms with van der Waals surface area (Å²) in [4.78, 5) is 9.24. The van der Waals surface area contributed by atoms with Crippen molar-refractivity contribution < 1.29 is 0 Å². The van der Waals surface area contributed by atoms with Crippen LogP contribution in [0, 0.1) is 11.8 Å². The third kappa shape index (κ3) is 3.92. The van der Waals surface area contributed by atoms with Crippen LogP contribution in [-0.2, 0) is 6.42 Å². The third-order valence-corrected chi connectivity index (χ3v) is 4.22. The summed E-state index contributed by atoms with van der Waals surface area (Å²) in [6.07, 6.45) is 7.39. The highest BCUT2D eigenvalue weighted by atomic mass is 15.0. The minimum absolute atomic E-state index is 0.525. The fraction of sp³-hybridized carbons (Fsp3) is 0.750. The molecule has 0 unspecified atom stereocenters. The zero-order valence-electron chi connectivity index (χ0n) is 12.5. The Morgan fingerprint density at radius 2 is 1.89 bits per heavy atom. The number of nitrogen functional groups attached to an aromatic ring is 1. The maximum Gasteiger partial charge on any atom is 0.134 e. The van der Waals surface area contributed by atoms with Gasteiger partial charge in [-0.3, -0.25) is 0 Å². The Balaban J connectivity index is 2.09. The standard InChI is InChI=1S/C16H27N3/c1-4-12-5-7-13(8-6-12)16-18-14(9-11(2)3)10-15(17)19-16/h10-13H,4-9H2,1-3H3,(H2,17,18,19). The van der Waals surface area contributed by atoms with Crippen LogP contribution in [0.4, 0.5) is 5.82 Å². The molecular formula is C16H27N3. The van der Waals surface area contributed by atoms with Crippen molar-refractivity contribution in [2.24, 2.45) is 11.8 Å². The largest absolute Gasteiger partial charge is 0.384 e. The van der Waals surface area contributed by atoms with E-state index < -0.39 is 0 Å². The van der Waals surface area contributed by atoms with Gasteiger partial charge in [-0.15, -0.1) is 0 Å². The lowest BCUT2D eigenvalue weighted by Crippen LogP contribution is -2.16. The first-order valence-corrected chi connectivity index (χ1v) is 7.71. The van der Waals surface area contributed by atoms with Crippen molar-refractivity contribution in [3.63, 3.8) is 0 Å². The van der Waals surface area contributed by atoms with Crippen LogP contribution < -0.4 is 5.73 Å². The normalized spacial score (nSPS) is 23.8. The zero-order valence-corrected chi connectivity index (χ0v) is 12.5. The first kappa shape index (κ1) is 14.3. The van der Waals surface area contributed by atoms with Crippen LogP contribution in [0.1, 0.15) is 70.3 Å². The van der Waals surface area contributed by atoms with Crippen molar-refractivity contribution in [2.45, 2.75) is 65.2 Å². The summed E-state index contributed by atoms with van der Waals surface area (Å²) in [5, 5.41) is 0. The number of aromatic nitrogens is 2. The van der Waals surface area contributed by atoms with Gasteiger partial charge in [0, 0.05) is 17.7 Å². The second kappa shape index (κ2) is 6.36. The van der Waals surface area contributed by atoms with Crippen LogP contribution in [0.3, 0.4) is 0 Å². The zero-order chi connectivity index (χ0) is 13.8. The SMILES string of the molecule is CCC1CCC(c2nc(N)cc(CC(C)C)n2)CC1. The molecule has 0 aliphatic heterocycles. The Kier molecular flexibility index (Phi) is 4.78. The van der Waals surface area contributed by atoms with Crippen molar-refractivity contribution in [2.75, 3.05) is 5.73 Å². The molecule has 3 heteroatoms. The van der Waals surface area contributed by atoms with Gasteiger partial charge in [0.1, 0.15) is 11.6 Å². The molecule has 0 bridgehead atoms. The minimum atomic E-state index is 0.525. The fourth-order valence-corrected chi connectivity index (χ4v) is 3.07. The molecule has 2 N–H and O–H groups in total. The van der Waals surface area contributed by atoms with E-state index in [-0.39, 0.29) is 0 Å². The highest BCUT2D eigenvalue weighted by Crippen LogP contribution is 2.35. The fourth-order valence-electron chi connectivity index (χ4n) is 3.07. The Labute approximate surface area is 117 Å². The maximum absolute atomic E-state index is 5.94. The molecule has 1 heterocycles. The molecule has 1 aromatic heterocycles. The quantitative estimate of drug-likeness (QED) is 0.893. The second-order valence-electron chi connectivity index (χ2n) is 6.37. The van der Waals surface area contributed by atoms with Crippen LogP contribution in [0.15, 0.2) is 6.07 Å². The van der Waals surface area contributed by atoms with E-state index in [1.54, 1.807) is 0 Å². The van der Waals surface area contributed by atoms with Crippen LogP contribution in [-0.4, -0.2) is 9.97 Å². The van der Waals surface area contributed by atoms with Gasteiger partial charge in [0.25, 0.3) is 0 Å². The van der Waals surface area contributed by atoms with Gasteiger partial charge in [0.15, 0.2) is 0 Å². The van der Waals surface area contributed by atoms with Gasteiger partial charge < -0.3 is 5.73 Å². The Hall–Kier alpha value is -1.12. The number of anilines is 1. The molecule has 0 spiro atoms. The molecule has 1 aromatic rings. The Morgan fingerprint density at radius 1 is 1.21 bits per heavy atom. The molecule has 2 rings (SSSR count). The molecule has 106 valence electrons. The van der Waals surface area contributed by atoms with E-state index in [4.69, 9.17) is 10.7 Å². The van der Waals surface area contributed by atoms with Crippen molar-refractivity contribution in [1.29, 1.82) is 0 Å². The summed E-state index contributed by atoms with van der Waals surface area (Å²) in [7, 11) is 0. The van der Waals surface area contributed by atoms with Crippen LogP contribution in [0.5, 0.6) is 0 Å². The van der Waals surface area contributed by atoms with Gasteiger partial charge in [-0.2, -0.15) is 0 Å². The van der Waals surface area contributed by atoms with E-state index in [0.717, 1.165) is 23.9 Å². The predicted molar refractivity (Wildman–Crippen MR) is 80.0 cm³/mol. The van der Waals surface area contributed by atoms with E-state index >= 15 is 0 Å². The highest BCUT2D eigenvalue weighted by Gasteiger charge is 2.23. The van der Waals surface area contributed by atoms with Crippen molar-refractivity contribution >= 4 is 5.82 Å². The van der Waals surface area contributed by atoms with Crippen molar-refractivity contribution in [3.8, 4) is 0 Å². The topological polar surface area (TPSA) is 51.8 Å². The molecule has 3 nitrogen and oxygen atoms in total. The summed E-state index contributed by atoms with van der Waals surface area (Å²) in [6, 6.07) is 1.93. The molecule has 0 radical (unpaired) electrons. The van der Waals surface area contributed by atoms with Gasteiger partial charge in [-0.1, -0.05) is 27.2 Å². The van der Waals surface area contributed by atoms with Gasteiger partial charge in [0.05, 0.1) is 0 Å². The summed E-state index contributed by atoms with van der Waals surface area (Å²) >= 11 is 0. The van der Waals surface area contributed by atoms with Gasteiger partial charge in [-0.05, 0) is 43.9 Å². The minimum Gasteiger partial charge on any atom is -0.384 e. The second-order valence-corrected chi connectivity index (χ2v) is 6.37. The predicted octanol–water partition coefficient (Wildman–Crippen LogP) is 3.94. The van der Waals surface area contributed by atoms with E-state index in [1.165, 1.54) is 32.1 Å². The molecule has 0 amide bonds. The van der Waals surface area contributed by atoms with Crippen LogP contribution >= 0.6 is 0 Å². The third-order valence-electron chi connectivity index (χ3n) is 4.22. The van der Waals surface area contributed by atoms with Gasteiger partial charge in [0.2, 0.25) is 0 Å². The van der Waals surface area contributed by atoms with Gasteiger partial charge in [-0.25, -0.2) is 9.97 Å². The van der Waals surface area contributed by atoms with Crippen molar-refractivity contribution in [1.82, 2.24) is 9.97 Å². The molecule has 19 heavy (non-hydrogen) atoms. The number of hydrogen-bond acceptors (Lipinski definition) is 3. The number of nitrogens with zero attached hydrogens (tertiary/aromatic N) is 2. The first-order chi connectivity index (χ1) is 9.08. The van der Waals surface area contributed by atoms with E-state index in [2.05, 4.69) is 25.8 Å². The lowest BCUT2D eigenvalue weighted by Gasteiger charge is -2.27. The molecule has 1 saturated carbocycles. The lowest BCUT2D eigenvalue weighted by atomic mass is 9.80. The smallest absolute Gasteiger partial charge is 0.134 e. The van der Waals surface area contributed by atoms with Crippen molar-refractivity contribution in [3.05, 3.63) is 17.6 Å². The van der Waals surface area contributed by atoms with Crippen LogP contribution in [0.2, 0.25) is 0 Å². The molecule has 1 aliphatic carbocycles. The van der Waals surface area contributed by atoms with E-state index in [9.17, 15) is 0 Å². The maximum atomic E-state index is 5.94. The highest BCUT2D eigenvalue weighted by molar-refractivity contribution is 5.30. The summed E-state index contributed by atoms with van der Waals surface area (Å²) in [5.74, 6) is 3.67. The Bertz CT molecular complexity index is 406. The summed E-state index contributed by atoms with van der Waals surface area (Å²) < 4.78 is 0. The van der Waals surface area contributed by atoms with Crippen LogP contribution in [0.25, 0.3) is 0 Å². The molecule has 1 aliphatic rings.